The van der Waals surface area contributed by atoms with E-state index in [2.05, 4.69) is 5.32 Å². The number of rotatable bonds is 6. The lowest BCUT2D eigenvalue weighted by molar-refractivity contribution is -0.112. The van der Waals surface area contributed by atoms with E-state index in [1.54, 1.807) is 43.3 Å². The first kappa shape index (κ1) is 20.9. The Labute approximate surface area is 178 Å². The Morgan fingerprint density at radius 1 is 1.10 bits per heavy atom. The van der Waals surface area contributed by atoms with Crippen LogP contribution >= 0.6 is 11.6 Å². The Hall–Kier alpha value is -3.82. The summed E-state index contributed by atoms with van der Waals surface area (Å²) >= 11 is 5.89. The first-order valence-electron chi connectivity index (χ1n) is 9.06. The van der Waals surface area contributed by atoms with Gasteiger partial charge in [-0.15, -0.1) is 0 Å². The van der Waals surface area contributed by atoms with Crippen molar-refractivity contribution in [3.05, 3.63) is 82.6 Å². The van der Waals surface area contributed by atoms with Crippen LogP contribution < -0.4 is 5.32 Å². The van der Waals surface area contributed by atoms with E-state index in [1.807, 2.05) is 18.2 Å². The van der Waals surface area contributed by atoms with Crippen LogP contribution in [0.2, 0.25) is 5.02 Å². The maximum atomic E-state index is 12.4. The first-order valence-corrected chi connectivity index (χ1v) is 9.44. The molecule has 0 aliphatic rings. The number of hydrogen-bond acceptors (Lipinski definition) is 5. The molecule has 0 saturated heterocycles. The molecule has 0 spiro atoms. The van der Waals surface area contributed by atoms with Crippen LogP contribution in [-0.4, -0.2) is 18.5 Å². The van der Waals surface area contributed by atoms with Gasteiger partial charge in [0.25, 0.3) is 5.91 Å². The average molecular weight is 421 g/mol. The minimum atomic E-state index is -0.592. The molecule has 1 aromatic heterocycles. The molecular weight excluding hydrogens is 404 g/mol. The average Bonchev–Trinajstić information content (AvgIpc) is 3.21. The van der Waals surface area contributed by atoms with Gasteiger partial charge in [-0.25, -0.2) is 4.79 Å². The Morgan fingerprint density at radius 3 is 2.43 bits per heavy atom. The Kier molecular flexibility index (Phi) is 6.68. The number of anilines is 1. The highest BCUT2D eigenvalue weighted by molar-refractivity contribution is 6.30. The molecule has 30 heavy (non-hydrogen) atoms. The van der Waals surface area contributed by atoms with Crippen molar-refractivity contribution >= 4 is 35.2 Å². The van der Waals surface area contributed by atoms with Gasteiger partial charge in [0.05, 0.1) is 12.2 Å². The van der Waals surface area contributed by atoms with Crippen LogP contribution in [0.4, 0.5) is 5.69 Å². The van der Waals surface area contributed by atoms with E-state index < -0.39 is 11.9 Å². The zero-order valence-corrected chi connectivity index (χ0v) is 16.8. The molecule has 2 aromatic carbocycles. The standard InChI is InChI=1S/C23H17ClN2O4/c1-2-29-23(28)16-5-9-19(10-6-16)26-22(27)17(14-25)13-20-11-12-21(30-20)15-3-7-18(24)8-4-15/h3-13H,2H2,1H3,(H,26,27)/b17-13+. The van der Waals surface area contributed by atoms with Crippen LogP contribution in [0.5, 0.6) is 0 Å². The van der Waals surface area contributed by atoms with Crippen molar-refractivity contribution in [2.45, 2.75) is 6.92 Å². The summed E-state index contributed by atoms with van der Waals surface area (Å²) in [5.74, 6) is -0.0809. The fourth-order valence-electron chi connectivity index (χ4n) is 2.59. The maximum absolute atomic E-state index is 12.4. The van der Waals surface area contributed by atoms with Gasteiger partial charge >= 0.3 is 5.97 Å². The highest BCUT2D eigenvalue weighted by Gasteiger charge is 2.12. The third-order valence-electron chi connectivity index (χ3n) is 4.06. The van der Waals surface area contributed by atoms with E-state index in [0.29, 0.717) is 27.8 Å². The van der Waals surface area contributed by atoms with E-state index in [1.165, 1.54) is 18.2 Å². The predicted molar refractivity (Wildman–Crippen MR) is 114 cm³/mol. The summed E-state index contributed by atoms with van der Waals surface area (Å²) in [6, 6.07) is 18.6. The molecule has 1 heterocycles. The summed E-state index contributed by atoms with van der Waals surface area (Å²) in [4.78, 5) is 24.1. The van der Waals surface area contributed by atoms with Crippen LogP contribution in [-0.2, 0) is 9.53 Å². The van der Waals surface area contributed by atoms with Crippen molar-refractivity contribution in [3.8, 4) is 17.4 Å². The van der Waals surface area contributed by atoms with Gasteiger partial charge < -0.3 is 14.5 Å². The molecule has 0 fully saturated rings. The van der Waals surface area contributed by atoms with E-state index in [9.17, 15) is 14.9 Å². The van der Waals surface area contributed by atoms with E-state index in [0.717, 1.165) is 5.56 Å². The van der Waals surface area contributed by atoms with Gasteiger partial charge in [-0.2, -0.15) is 5.26 Å². The Balaban J connectivity index is 1.72. The van der Waals surface area contributed by atoms with Gasteiger partial charge in [-0.1, -0.05) is 11.6 Å². The normalized spacial score (nSPS) is 10.9. The molecule has 1 amide bonds. The van der Waals surface area contributed by atoms with Gasteiger partial charge in [-0.05, 0) is 67.6 Å². The van der Waals surface area contributed by atoms with Crippen LogP contribution in [0, 0.1) is 11.3 Å². The minimum Gasteiger partial charge on any atom is -0.462 e. The van der Waals surface area contributed by atoms with Crippen LogP contribution in [0.3, 0.4) is 0 Å². The van der Waals surface area contributed by atoms with E-state index in [-0.39, 0.29) is 12.2 Å². The second kappa shape index (κ2) is 9.59. The quantitative estimate of drug-likeness (QED) is 0.331. The highest BCUT2D eigenvalue weighted by Crippen LogP contribution is 2.25. The maximum Gasteiger partial charge on any atom is 0.338 e. The summed E-state index contributed by atoms with van der Waals surface area (Å²) in [5.41, 5.74) is 1.51. The number of furan rings is 1. The number of halogens is 1. The molecule has 0 aliphatic heterocycles. The first-order chi connectivity index (χ1) is 14.5. The lowest BCUT2D eigenvalue weighted by atomic mass is 10.2. The van der Waals surface area contributed by atoms with Crippen molar-refractivity contribution in [2.75, 3.05) is 11.9 Å². The van der Waals surface area contributed by atoms with Crippen LogP contribution in [0.15, 0.2) is 70.7 Å². The summed E-state index contributed by atoms with van der Waals surface area (Å²) in [7, 11) is 0. The van der Waals surface area contributed by atoms with Crippen molar-refractivity contribution in [1.29, 1.82) is 5.26 Å². The second-order valence-corrected chi connectivity index (χ2v) is 6.57. The SMILES string of the molecule is CCOC(=O)c1ccc(NC(=O)/C(C#N)=C/c2ccc(-c3ccc(Cl)cc3)o2)cc1. The number of carbonyl (C=O) groups is 2. The fraction of sp³-hybridized carbons (Fsp3) is 0.0870. The van der Waals surface area contributed by atoms with Crippen molar-refractivity contribution in [2.24, 2.45) is 0 Å². The number of carbonyl (C=O) groups excluding carboxylic acids is 2. The number of benzene rings is 2. The van der Waals surface area contributed by atoms with Gasteiger partial charge in [0.2, 0.25) is 0 Å². The molecule has 1 N–H and O–H groups in total. The summed E-state index contributed by atoms with van der Waals surface area (Å²) in [5, 5.41) is 12.6. The van der Waals surface area contributed by atoms with E-state index >= 15 is 0 Å². The third-order valence-corrected chi connectivity index (χ3v) is 4.31. The molecule has 0 atom stereocenters. The number of nitriles is 1. The van der Waals surface area contributed by atoms with E-state index in [4.69, 9.17) is 20.8 Å². The van der Waals surface area contributed by atoms with Crippen molar-refractivity contribution in [1.82, 2.24) is 0 Å². The molecular formula is C23H17ClN2O4. The molecule has 7 heteroatoms. The smallest absolute Gasteiger partial charge is 0.338 e. The fourth-order valence-corrected chi connectivity index (χ4v) is 2.72. The van der Waals surface area contributed by atoms with Crippen molar-refractivity contribution < 1.29 is 18.7 Å². The third kappa shape index (κ3) is 5.16. The Morgan fingerprint density at radius 2 is 1.80 bits per heavy atom. The number of ether oxygens (including phenoxy) is 1. The Bertz CT molecular complexity index is 1120. The predicted octanol–water partition coefficient (Wildman–Crippen LogP) is 5.32. The van der Waals surface area contributed by atoms with Crippen molar-refractivity contribution in [3.63, 3.8) is 0 Å². The topological polar surface area (TPSA) is 92.3 Å². The van der Waals surface area contributed by atoms with Gasteiger partial charge in [0.15, 0.2) is 0 Å². The molecule has 0 bridgehead atoms. The lowest BCUT2D eigenvalue weighted by Crippen LogP contribution is -2.13. The van der Waals surface area contributed by atoms with Gasteiger partial charge in [-0.3, -0.25) is 4.79 Å². The molecule has 3 rings (SSSR count). The second-order valence-electron chi connectivity index (χ2n) is 6.13. The molecule has 150 valence electrons. The summed E-state index contributed by atoms with van der Waals surface area (Å²) < 4.78 is 10.6. The number of esters is 1. The molecule has 3 aromatic rings. The molecule has 0 aliphatic carbocycles. The lowest BCUT2D eigenvalue weighted by Gasteiger charge is -2.06. The minimum absolute atomic E-state index is 0.124. The zero-order valence-electron chi connectivity index (χ0n) is 16.0. The number of amides is 1. The molecule has 0 unspecified atom stereocenters. The largest absolute Gasteiger partial charge is 0.462 e. The monoisotopic (exact) mass is 420 g/mol. The van der Waals surface area contributed by atoms with Crippen LogP contribution in [0.25, 0.3) is 17.4 Å². The van der Waals surface area contributed by atoms with Gasteiger partial charge in [0.1, 0.15) is 23.2 Å². The molecule has 0 saturated carbocycles. The highest BCUT2D eigenvalue weighted by atomic mass is 35.5. The number of nitrogens with zero attached hydrogens (tertiary/aromatic N) is 1. The zero-order chi connectivity index (χ0) is 21.5. The van der Waals surface area contributed by atoms with Gasteiger partial charge in [0, 0.05) is 22.3 Å². The summed E-state index contributed by atoms with van der Waals surface area (Å²) in [6.45, 7) is 2.00. The van der Waals surface area contributed by atoms with Crippen LogP contribution in [0.1, 0.15) is 23.0 Å². The number of hydrogen-bond donors (Lipinski definition) is 1. The molecule has 6 nitrogen and oxygen atoms in total. The summed E-state index contributed by atoms with van der Waals surface area (Å²) in [6.07, 6.45) is 1.36. The number of nitrogens with one attached hydrogen (secondary N) is 1. The molecule has 0 radical (unpaired) electrons.